The molecule has 0 aromatic heterocycles. The molecule has 1 N–H and O–H groups in total. The second kappa shape index (κ2) is 5.20. The highest BCUT2D eigenvalue weighted by atomic mass is 16.2. The van der Waals surface area contributed by atoms with Crippen molar-refractivity contribution in [3.05, 3.63) is 0 Å². The van der Waals surface area contributed by atoms with Crippen LogP contribution in [0.15, 0.2) is 0 Å². The number of rotatable bonds is 3. The number of carbonyl (C=O) groups is 1. The minimum absolute atomic E-state index is 0.125. The fraction of sp³-hybridized carbons (Fsp3) is 0.933. The smallest absolute Gasteiger partial charge is 0.239 e. The molecule has 0 aromatic rings. The van der Waals surface area contributed by atoms with Gasteiger partial charge in [0.1, 0.15) is 0 Å². The molecule has 3 fully saturated rings. The molecule has 2 saturated carbocycles. The molecule has 1 saturated heterocycles. The Bertz CT molecular complexity index is 314. The van der Waals surface area contributed by atoms with Crippen LogP contribution in [0, 0.1) is 5.92 Å². The van der Waals surface area contributed by atoms with Crippen molar-refractivity contribution in [1.82, 2.24) is 10.2 Å². The van der Waals surface area contributed by atoms with Gasteiger partial charge in [-0.1, -0.05) is 19.8 Å². The fourth-order valence-electron chi connectivity index (χ4n) is 3.68. The number of hydrogen-bond donors (Lipinski definition) is 1. The van der Waals surface area contributed by atoms with Crippen LogP contribution in [0.5, 0.6) is 0 Å². The fourth-order valence-corrected chi connectivity index (χ4v) is 3.68. The van der Waals surface area contributed by atoms with Gasteiger partial charge in [-0.05, 0) is 44.4 Å². The maximum atomic E-state index is 12.6. The van der Waals surface area contributed by atoms with Gasteiger partial charge in [-0.15, -0.1) is 0 Å². The molecule has 1 aliphatic heterocycles. The van der Waals surface area contributed by atoms with Gasteiger partial charge in [-0.2, -0.15) is 0 Å². The Balaban J connectivity index is 1.64. The molecule has 0 radical (unpaired) electrons. The van der Waals surface area contributed by atoms with E-state index in [0.717, 1.165) is 13.0 Å². The van der Waals surface area contributed by atoms with Crippen LogP contribution in [0.4, 0.5) is 0 Å². The molecule has 3 heteroatoms. The van der Waals surface area contributed by atoms with E-state index in [9.17, 15) is 4.79 Å². The van der Waals surface area contributed by atoms with E-state index in [1.54, 1.807) is 0 Å². The lowest BCUT2D eigenvalue weighted by Gasteiger charge is -2.43. The quantitative estimate of drug-likeness (QED) is 0.833. The van der Waals surface area contributed by atoms with Crippen LogP contribution < -0.4 is 5.32 Å². The molecular weight excluding hydrogens is 224 g/mol. The first-order chi connectivity index (χ1) is 8.75. The van der Waals surface area contributed by atoms with Gasteiger partial charge in [-0.3, -0.25) is 4.79 Å². The monoisotopic (exact) mass is 250 g/mol. The van der Waals surface area contributed by atoms with Crippen molar-refractivity contribution in [2.45, 2.75) is 76.4 Å². The Morgan fingerprint density at radius 3 is 2.56 bits per heavy atom. The minimum atomic E-state index is 0.125. The minimum Gasteiger partial charge on any atom is -0.338 e. The zero-order chi connectivity index (χ0) is 12.5. The van der Waals surface area contributed by atoms with Crippen LogP contribution in [0.2, 0.25) is 0 Å². The van der Waals surface area contributed by atoms with Gasteiger partial charge < -0.3 is 10.2 Å². The van der Waals surface area contributed by atoms with Crippen molar-refractivity contribution in [2.24, 2.45) is 5.92 Å². The highest BCUT2D eigenvalue weighted by Gasteiger charge is 2.38. The van der Waals surface area contributed by atoms with Crippen LogP contribution in [-0.2, 0) is 4.79 Å². The molecule has 3 rings (SSSR count). The van der Waals surface area contributed by atoms with Crippen molar-refractivity contribution in [3.63, 3.8) is 0 Å². The molecule has 3 unspecified atom stereocenters. The van der Waals surface area contributed by atoms with Crippen LogP contribution >= 0.6 is 0 Å². The standard InChI is InChI=1S/C15H26N2O/c1-11-5-2-3-7-14(11)17-10-4-6-13(15(17)18)16-12-8-9-12/h11-14,16H,2-10H2,1H3. The lowest BCUT2D eigenvalue weighted by Crippen LogP contribution is -2.56. The summed E-state index contributed by atoms with van der Waals surface area (Å²) >= 11 is 0. The predicted octanol–water partition coefficient (Wildman–Crippen LogP) is 2.31. The van der Waals surface area contributed by atoms with E-state index in [-0.39, 0.29) is 6.04 Å². The Kier molecular flexibility index (Phi) is 3.60. The normalized spacial score (nSPS) is 37.9. The third kappa shape index (κ3) is 2.56. The summed E-state index contributed by atoms with van der Waals surface area (Å²) in [5.74, 6) is 1.09. The van der Waals surface area contributed by atoms with Gasteiger partial charge in [0.25, 0.3) is 0 Å². The van der Waals surface area contributed by atoms with Crippen molar-refractivity contribution < 1.29 is 4.79 Å². The van der Waals surface area contributed by atoms with Crippen molar-refractivity contribution >= 4 is 5.91 Å². The number of nitrogens with zero attached hydrogens (tertiary/aromatic N) is 1. The largest absolute Gasteiger partial charge is 0.338 e. The summed E-state index contributed by atoms with van der Waals surface area (Å²) in [4.78, 5) is 14.8. The summed E-state index contributed by atoms with van der Waals surface area (Å²) in [5, 5.41) is 3.54. The third-order valence-electron chi connectivity index (χ3n) is 4.95. The Labute approximate surface area is 110 Å². The van der Waals surface area contributed by atoms with E-state index < -0.39 is 0 Å². The van der Waals surface area contributed by atoms with E-state index in [2.05, 4.69) is 17.1 Å². The average Bonchev–Trinajstić information content (AvgIpc) is 3.17. The number of nitrogens with one attached hydrogen (secondary N) is 1. The Morgan fingerprint density at radius 1 is 1.06 bits per heavy atom. The maximum Gasteiger partial charge on any atom is 0.239 e. The summed E-state index contributed by atoms with van der Waals surface area (Å²) in [6, 6.07) is 1.29. The summed E-state index contributed by atoms with van der Waals surface area (Å²) < 4.78 is 0. The van der Waals surface area contributed by atoms with Crippen LogP contribution in [0.25, 0.3) is 0 Å². The van der Waals surface area contributed by atoms with Crippen LogP contribution in [0.1, 0.15) is 58.3 Å². The first kappa shape index (κ1) is 12.5. The number of piperidine rings is 1. The molecule has 3 atom stereocenters. The van der Waals surface area contributed by atoms with Crippen LogP contribution in [-0.4, -0.2) is 35.5 Å². The van der Waals surface area contributed by atoms with Crippen molar-refractivity contribution in [1.29, 1.82) is 0 Å². The van der Waals surface area contributed by atoms with E-state index in [1.165, 1.54) is 44.9 Å². The number of hydrogen-bond acceptors (Lipinski definition) is 2. The molecule has 0 spiro atoms. The van der Waals surface area contributed by atoms with Gasteiger partial charge >= 0.3 is 0 Å². The summed E-state index contributed by atoms with van der Waals surface area (Å²) in [7, 11) is 0. The van der Waals surface area contributed by atoms with E-state index >= 15 is 0 Å². The summed E-state index contributed by atoms with van der Waals surface area (Å²) in [6.45, 7) is 3.33. The molecular formula is C15H26N2O. The topological polar surface area (TPSA) is 32.3 Å². The second-order valence-corrected chi connectivity index (χ2v) is 6.50. The second-order valence-electron chi connectivity index (χ2n) is 6.50. The molecule has 3 aliphatic rings. The van der Waals surface area contributed by atoms with Gasteiger partial charge in [0.15, 0.2) is 0 Å². The first-order valence-corrected chi connectivity index (χ1v) is 7.82. The highest BCUT2D eigenvalue weighted by Crippen LogP contribution is 2.31. The van der Waals surface area contributed by atoms with Gasteiger partial charge in [0.05, 0.1) is 6.04 Å². The highest BCUT2D eigenvalue weighted by molar-refractivity contribution is 5.83. The molecule has 18 heavy (non-hydrogen) atoms. The van der Waals surface area contributed by atoms with Crippen molar-refractivity contribution in [3.8, 4) is 0 Å². The van der Waals surface area contributed by atoms with Gasteiger partial charge in [0.2, 0.25) is 5.91 Å². The summed E-state index contributed by atoms with van der Waals surface area (Å²) in [6.07, 6.45) is 9.95. The van der Waals surface area contributed by atoms with Gasteiger partial charge in [0, 0.05) is 18.6 Å². The number of likely N-dealkylation sites (tertiary alicyclic amines) is 1. The molecule has 1 amide bonds. The number of carbonyl (C=O) groups excluding carboxylic acids is 1. The molecule has 3 nitrogen and oxygen atoms in total. The number of amides is 1. The molecule has 0 bridgehead atoms. The van der Waals surface area contributed by atoms with E-state index in [0.29, 0.717) is 23.9 Å². The molecule has 0 aromatic carbocycles. The van der Waals surface area contributed by atoms with Crippen LogP contribution in [0.3, 0.4) is 0 Å². The molecule has 102 valence electrons. The molecule has 1 heterocycles. The van der Waals surface area contributed by atoms with Crippen molar-refractivity contribution in [2.75, 3.05) is 6.54 Å². The Morgan fingerprint density at radius 2 is 1.83 bits per heavy atom. The van der Waals surface area contributed by atoms with Gasteiger partial charge in [-0.25, -0.2) is 0 Å². The van der Waals surface area contributed by atoms with E-state index in [4.69, 9.17) is 0 Å². The average molecular weight is 250 g/mol. The summed E-state index contributed by atoms with van der Waals surface area (Å²) in [5.41, 5.74) is 0. The SMILES string of the molecule is CC1CCCCC1N1CCCC(NC2CC2)C1=O. The zero-order valence-corrected chi connectivity index (χ0v) is 11.5. The predicted molar refractivity (Wildman–Crippen MR) is 72.3 cm³/mol. The maximum absolute atomic E-state index is 12.6. The Hall–Kier alpha value is -0.570. The van der Waals surface area contributed by atoms with E-state index in [1.807, 2.05) is 0 Å². The zero-order valence-electron chi connectivity index (χ0n) is 11.5. The first-order valence-electron chi connectivity index (χ1n) is 7.82. The molecule has 2 aliphatic carbocycles. The third-order valence-corrected chi connectivity index (χ3v) is 4.95. The lowest BCUT2D eigenvalue weighted by atomic mass is 9.83. The lowest BCUT2D eigenvalue weighted by molar-refractivity contribution is -0.140.